The molecule has 26 heavy (non-hydrogen) atoms. The first-order valence-corrected chi connectivity index (χ1v) is 8.82. The van der Waals surface area contributed by atoms with Crippen LogP contribution in [0.2, 0.25) is 5.02 Å². The molecule has 1 aliphatic heterocycles. The molecular weight excluding hydrogens is 365 g/mol. The first kappa shape index (κ1) is 18.4. The summed E-state index contributed by atoms with van der Waals surface area (Å²) in [6, 6.07) is 2.00. The maximum absolute atomic E-state index is 14.5. The lowest BCUT2D eigenvalue weighted by Gasteiger charge is -2.11. The summed E-state index contributed by atoms with van der Waals surface area (Å²) < 4.78 is 22.9. The van der Waals surface area contributed by atoms with Gasteiger partial charge in [0.15, 0.2) is 0 Å². The first-order chi connectivity index (χ1) is 12.3. The molecule has 0 N–H and O–H groups in total. The fourth-order valence-electron chi connectivity index (χ4n) is 3.00. The van der Waals surface area contributed by atoms with Crippen LogP contribution in [0.4, 0.5) is 4.39 Å². The van der Waals surface area contributed by atoms with Crippen molar-refractivity contribution >= 4 is 17.6 Å². The Morgan fingerprint density at radius 2 is 1.69 bits per heavy atom. The number of fused-ring (bicyclic) bond motifs is 1. The lowest BCUT2D eigenvalue weighted by Crippen LogP contribution is -2.29. The van der Waals surface area contributed by atoms with Gasteiger partial charge in [0.2, 0.25) is 0 Å². The third-order valence-corrected chi connectivity index (χ3v) is 4.51. The van der Waals surface area contributed by atoms with Crippen molar-refractivity contribution in [3.05, 3.63) is 49.5 Å². The molecule has 0 saturated carbocycles. The molecule has 0 spiro atoms. The molecule has 0 saturated heterocycles. The molecule has 3 rings (SSSR count). The molecule has 0 unspecified atom stereocenters. The second kappa shape index (κ2) is 7.11. The lowest BCUT2D eigenvalue weighted by molar-refractivity contribution is 0.0378. The van der Waals surface area contributed by atoms with Crippen LogP contribution in [0.5, 0.6) is 0 Å². The summed E-state index contributed by atoms with van der Waals surface area (Å²) in [6.07, 6.45) is 2.04. The molecule has 2 aromatic rings. The van der Waals surface area contributed by atoms with E-state index in [-0.39, 0.29) is 16.3 Å². The smallest absolute Gasteiger partial charge is 0.351 e. The zero-order valence-electron chi connectivity index (χ0n) is 14.5. The number of carbonyl (C=O) groups is 1. The minimum atomic E-state index is -0.864. The molecule has 2 heterocycles. The quantitative estimate of drug-likeness (QED) is 0.762. The number of hydrogen-bond donors (Lipinski definition) is 0. The Bertz CT molecular complexity index is 936. The number of ether oxygens (including phenoxy) is 1. The Hall–Kier alpha value is -2.35. The summed E-state index contributed by atoms with van der Waals surface area (Å²) in [6.45, 7) is 4.10. The minimum Gasteiger partial charge on any atom is -0.459 e. The number of nitrogens with zero attached hydrogens (tertiary/aromatic N) is 3. The van der Waals surface area contributed by atoms with Crippen LogP contribution >= 0.6 is 11.6 Å². The van der Waals surface area contributed by atoms with E-state index < -0.39 is 29.3 Å². The molecule has 7 nitrogen and oxygen atoms in total. The van der Waals surface area contributed by atoms with E-state index in [1.54, 1.807) is 13.8 Å². The highest BCUT2D eigenvalue weighted by Crippen LogP contribution is 2.23. The van der Waals surface area contributed by atoms with Crippen LogP contribution in [0.25, 0.3) is 5.69 Å². The average Bonchev–Trinajstić information content (AvgIpc) is 2.73. The lowest BCUT2D eigenvalue weighted by atomic mass is 10.2. The molecule has 0 fully saturated rings. The van der Waals surface area contributed by atoms with E-state index in [0.717, 1.165) is 36.0 Å². The van der Waals surface area contributed by atoms with Crippen LogP contribution in [0, 0.1) is 5.82 Å². The van der Waals surface area contributed by atoms with E-state index in [2.05, 4.69) is 0 Å². The number of benzene rings is 1. The van der Waals surface area contributed by atoms with E-state index >= 15 is 0 Å². The number of rotatable bonds is 3. The largest absolute Gasteiger partial charge is 0.459 e. The minimum absolute atomic E-state index is 0.102. The third kappa shape index (κ3) is 3.21. The summed E-state index contributed by atoms with van der Waals surface area (Å²) in [7, 11) is 0. The molecule has 1 aliphatic rings. The molecule has 0 radical (unpaired) electrons. The van der Waals surface area contributed by atoms with Crippen LogP contribution in [-0.2, 0) is 17.8 Å². The van der Waals surface area contributed by atoms with Gasteiger partial charge in [-0.1, -0.05) is 11.6 Å². The van der Waals surface area contributed by atoms with Gasteiger partial charge in [-0.15, -0.1) is 0 Å². The third-order valence-electron chi connectivity index (χ3n) is 4.20. The van der Waals surface area contributed by atoms with Gasteiger partial charge in [0.1, 0.15) is 5.82 Å². The highest BCUT2D eigenvalue weighted by Gasteiger charge is 2.24. The molecule has 140 valence electrons. The van der Waals surface area contributed by atoms with Crippen molar-refractivity contribution in [3.8, 4) is 5.69 Å². The molecule has 0 aliphatic carbocycles. The predicted octanol–water partition coefficient (Wildman–Crippen LogP) is 2.34. The number of halogens is 2. The van der Waals surface area contributed by atoms with E-state index in [0.29, 0.717) is 13.1 Å². The molecular formula is C17H19ClFN3O4. The Kier molecular flexibility index (Phi) is 5.04. The van der Waals surface area contributed by atoms with Crippen molar-refractivity contribution in [2.45, 2.75) is 52.3 Å². The number of esters is 1. The second-order valence-corrected chi connectivity index (χ2v) is 6.85. The fraction of sp³-hybridized carbons (Fsp3) is 0.471. The van der Waals surface area contributed by atoms with Gasteiger partial charge in [-0.3, -0.25) is 0 Å². The topological polar surface area (TPSA) is 75.2 Å². The van der Waals surface area contributed by atoms with Crippen molar-refractivity contribution in [3.63, 3.8) is 0 Å². The highest BCUT2D eigenvalue weighted by atomic mass is 35.5. The molecule has 0 atom stereocenters. The van der Waals surface area contributed by atoms with Crippen LogP contribution < -0.4 is 11.4 Å². The maximum Gasteiger partial charge on any atom is 0.351 e. The SMILES string of the molecule is CC(C)OC(=O)c1cc(-n2c(=O)n3n(c2=O)CCCCC3)c(F)cc1Cl. The van der Waals surface area contributed by atoms with Gasteiger partial charge >= 0.3 is 17.3 Å². The van der Waals surface area contributed by atoms with Gasteiger partial charge in [0.05, 0.1) is 22.4 Å². The van der Waals surface area contributed by atoms with Gasteiger partial charge in [-0.2, -0.15) is 0 Å². The zero-order chi connectivity index (χ0) is 19.0. The van der Waals surface area contributed by atoms with Crippen molar-refractivity contribution in [1.82, 2.24) is 13.9 Å². The maximum atomic E-state index is 14.5. The van der Waals surface area contributed by atoms with E-state index in [1.165, 1.54) is 9.36 Å². The highest BCUT2D eigenvalue weighted by molar-refractivity contribution is 6.33. The Balaban J connectivity index is 2.18. The van der Waals surface area contributed by atoms with Gasteiger partial charge in [0.25, 0.3) is 0 Å². The summed E-state index contributed by atoms with van der Waals surface area (Å²) in [5.41, 5.74) is -1.69. The van der Waals surface area contributed by atoms with Crippen molar-refractivity contribution < 1.29 is 13.9 Å². The van der Waals surface area contributed by atoms with Crippen LogP contribution in [0.15, 0.2) is 21.7 Å². The van der Waals surface area contributed by atoms with Gasteiger partial charge in [0, 0.05) is 13.1 Å². The fourth-order valence-corrected chi connectivity index (χ4v) is 3.23. The Labute approximate surface area is 153 Å². The Morgan fingerprint density at radius 1 is 1.12 bits per heavy atom. The number of aromatic nitrogens is 3. The predicted molar refractivity (Wildman–Crippen MR) is 93.7 cm³/mol. The normalized spacial score (nSPS) is 14.2. The molecule has 0 bridgehead atoms. The van der Waals surface area contributed by atoms with Gasteiger partial charge < -0.3 is 4.74 Å². The van der Waals surface area contributed by atoms with E-state index in [4.69, 9.17) is 16.3 Å². The summed E-state index contributed by atoms with van der Waals surface area (Å²) in [5.74, 6) is -1.61. The summed E-state index contributed by atoms with van der Waals surface area (Å²) in [5, 5.41) is -0.147. The second-order valence-electron chi connectivity index (χ2n) is 6.45. The summed E-state index contributed by atoms with van der Waals surface area (Å²) >= 11 is 5.95. The number of hydrogen-bond acceptors (Lipinski definition) is 4. The standard InChI is InChI=1S/C17H19ClFN3O4/c1-10(2)26-15(23)11-8-14(13(19)9-12(11)18)22-16(24)20-6-4-3-5-7-21(20)17(22)25/h8-10H,3-7H2,1-2H3. The zero-order valence-corrected chi connectivity index (χ0v) is 15.3. The van der Waals surface area contributed by atoms with Crippen molar-refractivity contribution in [2.24, 2.45) is 0 Å². The molecule has 1 aromatic heterocycles. The van der Waals surface area contributed by atoms with Crippen LogP contribution in [0.3, 0.4) is 0 Å². The Morgan fingerprint density at radius 3 is 2.23 bits per heavy atom. The van der Waals surface area contributed by atoms with Crippen LogP contribution in [0.1, 0.15) is 43.5 Å². The van der Waals surface area contributed by atoms with Crippen molar-refractivity contribution in [2.75, 3.05) is 0 Å². The number of carbonyl (C=O) groups excluding carboxylic acids is 1. The van der Waals surface area contributed by atoms with Gasteiger partial charge in [-0.25, -0.2) is 32.7 Å². The van der Waals surface area contributed by atoms with E-state index in [9.17, 15) is 18.8 Å². The van der Waals surface area contributed by atoms with Crippen molar-refractivity contribution in [1.29, 1.82) is 0 Å². The first-order valence-electron chi connectivity index (χ1n) is 8.44. The average molecular weight is 384 g/mol. The molecule has 9 heteroatoms. The molecule has 0 amide bonds. The van der Waals surface area contributed by atoms with Gasteiger partial charge in [-0.05, 0) is 45.2 Å². The van der Waals surface area contributed by atoms with E-state index in [1.807, 2.05) is 0 Å². The summed E-state index contributed by atoms with van der Waals surface area (Å²) in [4.78, 5) is 37.5. The van der Waals surface area contributed by atoms with Crippen LogP contribution in [-0.4, -0.2) is 26.0 Å². The molecule has 1 aromatic carbocycles. The monoisotopic (exact) mass is 383 g/mol.